The molecule has 0 aliphatic rings. The molecule has 0 atom stereocenters. The Balaban J connectivity index is 2.65. The van der Waals surface area contributed by atoms with Crippen molar-refractivity contribution in [2.75, 3.05) is 26.4 Å². The summed E-state index contributed by atoms with van der Waals surface area (Å²) in [6.45, 7) is 0.961. The minimum Gasteiger partial charge on any atom is -0.309 e. The van der Waals surface area contributed by atoms with Crippen LogP contribution in [0.2, 0.25) is 15.2 Å². The van der Waals surface area contributed by atoms with Crippen molar-refractivity contribution in [3.8, 4) is 0 Å². The summed E-state index contributed by atoms with van der Waals surface area (Å²) in [4.78, 5) is 6.21. The predicted octanol–water partition coefficient (Wildman–Crippen LogP) is 3.70. The van der Waals surface area contributed by atoms with E-state index in [1.807, 2.05) is 14.1 Å². The van der Waals surface area contributed by atoms with E-state index >= 15 is 0 Å². The standard InChI is InChI=1S/C9H11Cl3N2S/c1-14(2)3-4-15-9-7(11)5-6(10)8(12)13-9/h5H,3-4H2,1-2H3. The van der Waals surface area contributed by atoms with Gasteiger partial charge in [0.2, 0.25) is 0 Å². The highest BCUT2D eigenvalue weighted by atomic mass is 35.5. The van der Waals surface area contributed by atoms with Crippen LogP contribution in [0.15, 0.2) is 11.1 Å². The Hall–Kier alpha value is 0.330. The molecule has 0 saturated carbocycles. The van der Waals surface area contributed by atoms with E-state index in [9.17, 15) is 0 Å². The first kappa shape index (κ1) is 13.4. The van der Waals surface area contributed by atoms with Gasteiger partial charge in [0.05, 0.1) is 10.0 Å². The molecule has 0 amide bonds. The summed E-state index contributed by atoms with van der Waals surface area (Å²) in [6, 6.07) is 1.62. The fourth-order valence-electron chi connectivity index (χ4n) is 0.855. The molecule has 1 aromatic rings. The average molecular weight is 286 g/mol. The molecule has 0 N–H and O–H groups in total. The van der Waals surface area contributed by atoms with Crippen LogP contribution in [0, 0.1) is 0 Å². The molecule has 0 spiro atoms. The van der Waals surface area contributed by atoms with E-state index in [1.54, 1.807) is 17.8 Å². The second-order valence-corrected chi connectivity index (χ2v) is 5.46. The van der Waals surface area contributed by atoms with E-state index < -0.39 is 0 Å². The number of aromatic nitrogens is 1. The molecule has 0 bridgehead atoms. The summed E-state index contributed by atoms with van der Waals surface area (Å²) in [5.74, 6) is 0.914. The number of nitrogens with zero attached hydrogens (tertiary/aromatic N) is 2. The van der Waals surface area contributed by atoms with Gasteiger partial charge < -0.3 is 4.90 Å². The number of pyridine rings is 1. The van der Waals surface area contributed by atoms with Gasteiger partial charge in [0.25, 0.3) is 0 Å². The van der Waals surface area contributed by atoms with Crippen molar-refractivity contribution in [2.24, 2.45) is 0 Å². The van der Waals surface area contributed by atoms with Crippen molar-refractivity contribution in [3.05, 3.63) is 21.3 Å². The lowest BCUT2D eigenvalue weighted by molar-refractivity contribution is 0.437. The molecular formula is C9H11Cl3N2S. The molecule has 1 rings (SSSR count). The number of rotatable bonds is 4. The first-order valence-electron chi connectivity index (χ1n) is 4.29. The van der Waals surface area contributed by atoms with Crippen molar-refractivity contribution in [1.82, 2.24) is 9.88 Å². The molecular weight excluding hydrogens is 275 g/mol. The minimum atomic E-state index is 0.299. The molecule has 1 aromatic heterocycles. The first-order valence-corrected chi connectivity index (χ1v) is 6.41. The van der Waals surface area contributed by atoms with E-state index in [0.29, 0.717) is 15.2 Å². The quantitative estimate of drug-likeness (QED) is 0.620. The topological polar surface area (TPSA) is 16.1 Å². The lowest BCUT2D eigenvalue weighted by atomic mass is 10.5. The van der Waals surface area contributed by atoms with Crippen molar-refractivity contribution in [3.63, 3.8) is 0 Å². The number of thioether (sulfide) groups is 1. The van der Waals surface area contributed by atoms with Gasteiger partial charge in [0.1, 0.15) is 10.2 Å². The van der Waals surface area contributed by atoms with Gasteiger partial charge in [-0.15, -0.1) is 11.8 Å². The molecule has 1 heterocycles. The lowest BCUT2D eigenvalue weighted by Crippen LogP contribution is -2.14. The molecule has 0 fully saturated rings. The predicted molar refractivity (Wildman–Crippen MR) is 68.5 cm³/mol. The molecule has 2 nitrogen and oxygen atoms in total. The molecule has 15 heavy (non-hydrogen) atoms. The van der Waals surface area contributed by atoms with Crippen LogP contribution >= 0.6 is 46.6 Å². The van der Waals surface area contributed by atoms with E-state index in [4.69, 9.17) is 34.8 Å². The Labute approximate surface area is 109 Å². The smallest absolute Gasteiger partial charge is 0.149 e. The Morgan fingerprint density at radius 2 is 1.93 bits per heavy atom. The second kappa shape index (κ2) is 6.16. The maximum absolute atomic E-state index is 5.98. The Bertz CT molecular complexity index is 344. The number of hydrogen-bond donors (Lipinski definition) is 0. The zero-order valence-corrected chi connectivity index (χ0v) is 11.5. The number of hydrogen-bond acceptors (Lipinski definition) is 3. The monoisotopic (exact) mass is 284 g/mol. The summed E-state index contributed by atoms with van der Waals surface area (Å²) in [5.41, 5.74) is 0. The van der Waals surface area contributed by atoms with Gasteiger partial charge in [-0.2, -0.15) is 0 Å². The van der Waals surface area contributed by atoms with Gasteiger partial charge in [0, 0.05) is 12.3 Å². The Kier molecular flexibility index (Phi) is 5.50. The maximum atomic E-state index is 5.98. The highest BCUT2D eigenvalue weighted by molar-refractivity contribution is 7.99. The largest absolute Gasteiger partial charge is 0.309 e. The van der Waals surface area contributed by atoms with Gasteiger partial charge in [0.15, 0.2) is 0 Å². The zero-order valence-electron chi connectivity index (χ0n) is 8.43. The van der Waals surface area contributed by atoms with E-state index in [0.717, 1.165) is 17.3 Å². The van der Waals surface area contributed by atoms with Gasteiger partial charge >= 0.3 is 0 Å². The third-order valence-electron chi connectivity index (χ3n) is 1.63. The molecule has 0 aliphatic heterocycles. The van der Waals surface area contributed by atoms with Gasteiger partial charge in [-0.3, -0.25) is 0 Å². The SMILES string of the molecule is CN(C)CCSc1nc(Cl)c(Cl)cc1Cl. The zero-order chi connectivity index (χ0) is 11.4. The third-order valence-corrected chi connectivity index (χ3v) is 3.68. The third kappa shape index (κ3) is 4.37. The van der Waals surface area contributed by atoms with Crippen LogP contribution in [0.3, 0.4) is 0 Å². The maximum Gasteiger partial charge on any atom is 0.149 e. The average Bonchev–Trinajstić information content (AvgIpc) is 2.13. The fourth-order valence-corrected chi connectivity index (χ4v) is 2.57. The van der Waals surface area contributed by atoms with Crippen molar-refractivity contribution in [1.29, 1.82) is 0 Å². The summed E-state index contributed by atoms with van der Waals surface area (Å²) >= 11 is 19.1. The van der Waals surface area contributed by atoms with Crippen LogP contribution < -0.4 is 0 Å². The molecule has 0 aliphatic carbocycles. The van der Waals surface area contributed by atoms with E-state index in [-0.39, 0.29) is 0 Å². The normalized spacial score (nSPS) is 11.1. The van der Waals surface area contributed by atoms with Gasteiger partial charge in [-0.05, 0) is 20.2 Å². The van der Waals surface area contributed by atoms with Crippen LogP contribution in [-0.4, -0.2) is 36.3 Å². The second-order valence-electron chi connectivity index (χ2n) is 3.20. The van der Waals surface area contributed by atoms with Crippen LogP contribution in [0.4, 0.5) is 0 Å². The molecule has 0 saturated heterocycles. The van der Waals surface area contributed by atoms with Gasteiger partial charge in [-0.25, -0.2) is 4.98 Å². The van der Waals surface area contributed by atoms with Crippen molar-refractivity contribution < 1.29 is 0 Å². The Morgan fingerprint density at radius 3 is 2.53 bits per heavy atom. The lowest BCUT2D eigenvalue weighted by Gasteiger charge is -2.09. The molecule has 6 heteroatoms. The summed E-state index contributed by atoms with van der Waals surface area (Å²) < 4.78 is 0. The van der Waals surface area contributed by atoms with Crippen molar-refractivity contribution in [2.45, 2.75) is 5.03 Å². The van der Waals surface area contributed by atoms with Crippen molar-refractivity contribution >= 4 is 46.6 Å². The molecule has 0 radical (unpaired) electrons. The van der Waals surface area contributed by atoms with Crippen LogP contribution in [0.25, 0.3) is 0 Å². The summed E-state index contributed by atoms with van der Waals surface area (Å²) in [6.07, 6.45) is 0. The highest BCUT2D eigenvalue weighted by Gasteiger charge is 2.08. The fraction of sp³-hybridized carbons (Fsp3) is 0.444. The van der Waals surface area contributed by atoms with Gasteiger partial charge in [-0.1, -0.05) is 34.8 Å². The summed E-state index contributed by atoms with van der Waals surface area (Å²) in [5, 5.41) is 1.97. The van der Waals surface area contributed by atoms with Crippen LogP contribution in [-0.2, 0) is 0 Å². The summed E-state index contributed by atoms with van der Waals surface area (Å²) in [7, 11) is 4.04. The van der Waals surface area contributed by atoms with E-state index in [2.05, 4.69) is 9.88 Å². The van der Waals surface area contributed by atoms with E-state index in [1.165, 1.54) is 0 Å². The molecule has 0 aromatic carbocycles. The van der Waals surface area contributed by atoms with Crippen LogP contribution in [0.1, 0.15) is 0 Å². The molecule has 0 unspecified atom stereocenters. The Morgan fingerprint density at radius 1 is 1.27 bits per heavy atom. The minimum absolute atomic E-state index is 0.299. The highest BCUT2D eigenvalue weighted by Crippen LogP contribution is 2.31. The number of halogens is 3. The van der Waals surface area contributed by atoms with Crippen LogP contribution in [0.5, 0.6) is 0 Å². The first-order chi connectivity index (χ1) is 7.00. The molecule has 84 valence electrons.